The Hall–Kier alpha value is -2.25. The molecule has 0 aromatic heterocycles. The third kappa shape index (κ3) is 6.74. The van der Waals surface area contributed by atoms with Crippen LogP contribution in [0.4, 0.5) is 18.9 Å². The molecule has 3 aliphatic rings. The summed E-state index contributed by atoms with van der Waals surface area (Å²) < 4.78 is 39.9. The van der Waals surface area contributed by atoms with E-state index < -0.39 is 17.3 Å². The molecule has 2 heterocycles. The van der Waals surface area contributed by atoms with Gasteiger partial charge < -0.3 is 14.7 Å². The van der Waals surface area contributed by atoms with Crippen molar-refractivity contribution < 1.29 is 18.0 Å². The first-order valence-electron chi connectivity index (χ1n) is 14.4. The van der Waals surface area contributed by atoms with Crippen LogP contribution < -0.4 is 4.90 Å². The number of alkyl halides is 3. The van der Waals surface area contributed by atoms with Crippen molar-refractivity contribution in [3.05, 3.63) is 65.7 Å². The molecule has 4 nitrogen and oxygen atoms in total. The van der Waals surface area contributed by atoms with Crippen LogP contribution in [0.15, 0.2) is 54.6 Å². The quantitative estimate of drug-likeness (QED) is 0.382. The average molecular weight is 564 g/mol. The molecule has 0 bridgehead atoms. The molecule has 2 aromatic carbocycles. The van der Waals surface area contributed by atoms with Crippen LogP contribution in [0.25, 0.3) is 0 Å². The first kappa shape index (κ1) is 29.7. The fourth-order valence-corrected chi connectivity index (χ4v) is 6.80. The van der Waals surface area contributed by atoms with E-state index in [1.807, 2.05) is 30.3 Å². The van der Waals surface area contributed by atoms with Crippen molar-refractivity contribution in [2.24, 2.45) is 0 Å². The van der Waals surface area contributed by atoms with Crippen molar-refractivity contribution in [2.75, 3.05) is 24.7 Å². The summed E-state index contributed by atoms with van der Waals surface area (Å²) in [6.45, 7) is 2.34. The van der Waals surface area contributed by atoms with Crippen LogP contribution in [0, 0.1) is 0 Å². The van der Waals surface area contributed by atoms with Crippen LogP contribution in [0.2, 0.25) is 0 Å². The van der Waals surface area contributed by atoms with E-state index in [0.717, 1.165) is 37.7 Å². The van der Waals surface area contributed by atoms with Gasteiger partial charge in [0.2, 0.25) is 5.91 Å². The molecule has 0 unspecified atom stereocenters. The minimum atomic E-state index is -4.40. The van der Waals surface area contributed by atoms with Gasteiger partial charge in [-0.05, 0) is 55.5 Å². The number of nitrogens with zero attached hydrogens (tertiary/aromatic N) is 3. The van der Waals surface area contributed by atoms with Gasteiger partial charge in [-0.15, -0.1) is 12.4 Å². The largest absolute Gasteiger partial charge is 0.416 e. The summed E-state index contributed by atoms with van der Waals surface area (Å²) in [4.78, 5) is 20.7. The lowest BCUT2D eigenvalue weighted by Crippen LogP contribution is -2.58. The molecule has 0 radical (unpaired) electrons. The number of carbonyl (C=O) groups excluding carboxylic acids is 1. The maximum absolute atomic E-state index is 14.1. The lowest BCUT2D eigenvalue weighted by atomic mass is 9.84. The van der Waals surface area contributed by atoms with Crippen molar-refractivity contribution in [1.29, 1.82) is 0 Å². The van der Waals surface area contributed by atoms with Crippen LogP contribution in [-0.2, 0) is 17.5 Å². The van der Waals surface area contributed by atoms with Gasteiger partial charge in [0.1, 0.15) is 5.54 Å². The number of piperidine rings is 1. The smallest absolute Gasteiger partial charge is 0.339 e. The van der Waals surface area contributed by atoms with Crippen LogP contribution in [0.5, 0.6) is 0 Å². The Morgan fingerprint density at radius 2 is 1.44 bits per heavy atom. The number of amides is 1. The number of likely N-dealkylation sites (tertiary alicyclic amines) is 1. The monoisotopic (exact) mass is 563 g/mol. The van der Waals surface area contributed by atoms with E-state index in [1.54, 1.807) is 11.0 Å². The Bertz CT molecular complexity index is 1060. The molecule has 0 atom stereocenters. The molecule has 1 amide bonds. The second-order valence-electron chi connectivity index (χ2n) is 11.4. The molecular weight excluding hydrogens is 523 g/mol. The first-order valence-corrected chi connectivity index (χ1v) is 14.4. The molecule has 1 saturated carbocycles. The molecule has 2 saturated heterocycles. The van der Waals surface area contributed by atoms with Crippen molar-refractivity contribution >= 4 is 24.0 Å². The van der Waals surface area contributed by atoms with Gasteiger partial charge in [-0.2, -0.15) is 13.2 Å². The molecule has 39 heavy (non-hydrogen) atoms. The fraction of sp³-hybridized carbons (Fsp3) is 0.581. The highest BCUT2D eigenvalue weighted by Crippen LogP contribution is 2.41. The highest BCUT2D eigenvalue weighted by atomic mass is 35.5. The molecule has 3 fully saturated rings. The van der Waals surface area contributed by atoms with E-state index in [9.17, 15) is 18.0 Å². The van der Waals surface area contributed by atoms with E-state index >= 15 is 0 Å². The average Bonchev–Trinajstić information content (AvgIpc) is 3.18. The van der Waals surface area contributed by atoms with Gasteiger partial charge in [-0.1, -0.05) is 75.3 Å². The summed E-state index contributed by atoms with van der Waals surface area (Å²) in [7, 11) is 0. The van der Waals surface area contributed by atoms with Crippen molar-refractivity contribution in [2.45, 2.75) is 94.9 Å². The van der Waals surface area contributed by atoms with E-state index in [0.29, 0.717) is 18.3 Å². The van der Waals surface area contributed by atoms with Gasteiger partial charge in [-0.25, -0.2) is 0 Å². The Labute approximate surface area is 236 Å². The first-order chi connectivity index (χ1) is 18.4. The molecular formula is C31H41ClF3N3O. The summed E-state index contributed by atoms with van der Waals surface area (Å²) in [5, 5.41) is 0. The van der Waals surface area contributed by atoms with Crippen LogP contribution >= 0.6 is 12.4 Å². The van der Waals surface area contributed by atoms with Crippen LogP contribution in [0.3, 0.4) is 0 Å². The van der Waals surface area contributed by atoms with E-state index in [1.165, 1.54) is 69.9 Å². The van der Waals surface area contributed by atoms with Crippen molar-refractivity contribution in [1.82, 2.24) is 9.80 Å². The molecule has 5 rings (SSSR count). The number of halogens is 4. The minimum Gasteiger partial charge on any atom is -0.339 e. The second kappa shape index (κ2) is 12.9. The highest BCUT2D eigenvalue weighted by molar-refractivity contribution is 5.93. The Morgan fingerprint density at radius 3 is 2.05 bits per heavy atom. The highest BCUT2D eigenvalue weighted by Gasteiger charge is 2.54. The Kier molecular flexibility index (Phi) is 9.87. The number of anilines is 1. The summed E-state index contributed by atoms with van der Waals surface area (Å²) >= 11 is 0. The van der Waals surface area contributed by atoms with Crippen molar-refractivity contribution in [3.8, 4) is 0 Å². The number of benzene rings is 2. The fourth-order valence-electron chi connectivity index (χ4n) is 6.80. The molecule has 214 valence electrons. The van der Waals surface area contributed by atoms with Gasteiger partial charge in [0, 0.05) is 31.4 Å². The Morgan fingerprint density at radius 1 is 0.821 bits per heavy atom. The molecule has 1 aliphatic carbocycles. The number of para-hydroxylation sites is 1. The Balaban J connectivity index is 0.00000353. The number of carbonyl (C=O) groups is 1. The molecule has 8 heteroatoms. The normalized spacial score (nSPS) is 21.7. The zero-order chi connectivity index (χ0) is 26.6. The SMILES string of the molecule is Cl.O=C1N(Cc2cccc(C(F)(F)F)c2)CN(c2ccccc2)C12CCN(C1CCCCCCCCC1)CC2. The van der Waals surface area contributed by atoms with E-state index in [-0.39, 0.29) is 24.9 Å². The lowest BCUT2D eigenvalue weighted by molar-refractivity contribution is -0.137. The predicted molar refractivity (Wildman–Crippen MR) is 152 cm³/mol. The summed E-state index contributed by atoms with van der Waals surface area (Å²) in [5.74, 6) is 0.0457. The van der Waals surface area contributed by atoms with E-state index in [4.69, 9.17) is 0 Å². The minimum absolute atomic E-state index is 0. The maximum Gasteiger partial charge on any atom is 0.416 e. The summed E-state index contributed by atoms with van der Waals surface area (Å²) in [6.07, 6.45) is 8.84. The standard InChI is InChI=1S/C31H40F3N3O.ClH/c32-31(33,34)26-13-11-12-25(22-26)23-36-24-37(28-16-9-6-10-17-28)30(29(36)38)18-20-35(21-19-30)27-14-7-4-2-1-3-5-8-15-27;/h6,9-13,16-17,22,27H,1-5,7-8,14-15,18-21,23-24H2;1H. The second-order valence-corrected chi connectivity index (χ2v) is 11.4. The maximum atomic E-state index is 14.1. The van der Waals surface area contributed by atoms with Crippen LogP contribution in [-0.4, -0.2) is 47.0 Å². The third-order valence-corrected chi connectivity index (χ3v) is 8.93. The zero-order valence-corrected chi connectivity index (χ0v) is 23.5. The summed E-state index contributed by atoms with van der Waals surface area (Å²) in [5.41, 5.74) is 0.196. The number of hydrogen-bond acceptors (Lipinski definition) is 3. The molecule has 2 aliphatic heterocycles. The topological polar surface area (TPSA) is 26.8 Å². The third-order valence-electron chi connectivity index (χ3n) is 8.93. The van der Waals surface area contributed by atoms with Gasteiger partial charge in [0.25, 0.3) is 0 Å². The van der Waals surface area contributed by atoms with Gasteiger partial charge in [0.05, 0.1) is 12.2 Å². The molecule has 2 aromatic rings. The number of rotatable bonds is 4. The molecule has 0 N–H and O–H groups in total. The van der Waals surface area contributed by atoms with Gasteiger partial charge in [-0.3, -0.25) is 4.79 Å². The van der Waals surface area contributed by atoms with E-state index in [2.05, 4.69) is 9.80 Å². The number of hydrogen-bond donors (Lipinski definition) is 0. The zero-order valence-electron chi connectivity index (χ0n) is 22.7. The van der Waals surface area contributed by atoms with Crippen molar-refractivity contribution in [3.63, 3.8) is 0 Å². The predicted octanol–water partition coefficient (Wildman–Crippen LogP) is 7.66. The van der Waals surface area contributed by atoms with Crippen LogP contribution in [0.1, 0.15) is 81.8 Å². The summed E-state index contributed by atoms with van der Waals surface area (Å²) in [6, 6.07) is 16.0. The van der Waals surface area contributed by atoms with Gasteiger partial charge >= 0.3 is 6.18 Å². The molecule has 1 spiro atoms. The lowest BCUT2D eigenvalue weighted by Gasteiger charge is -2.45. The van der Waals surface area contributed by atoms with Gasteiger partial charge in [0.15, 0.2) is 0 Å².